The zero-order chi connectivity index (χ0) is 13.7. The van der Waals surface area contributed by atoms with Crippen LogP contribution in [0.25, 0.3) is 0 Å². The highest BCUT2D eigenvalue weighted by atomic mass is 16.5. The van der Waals surface area contributed by atoms with E-state index >= 15 is 0 Å². The summed E-state index contributed by atoms with van der Waals surface area (Å²) in [5.74, 6) is 1.56. The van der Waals surface area contributed by atoms with Crippen LogP contribution in [0.1, 0.15) is 32.3 Å². The van der Waals surface area contributed by atoms with Crippen LogP contribution in [0, 0.1) is 6.92 Å². The fourth-order valence-electron chi connectivity index (χ4n) is 2.25. The van der Waals surface area contributed by atoms with Crippen molar-refractivity contribution in [2.75, 3.05) is 31.6 Å². The highest BCUT2D eigenvalue weighted by Gasteiger charge is 2.27. The first-order chi connectivity index (χ1) is 9.26. The second kappa shape index (κ2) is 6.70. The van der Waals surface area contributed by atoms with Crippen LogP contribution in [0.3, 0.4) is 0 Å². The Morgan fingerprint density at radius 3 is 2.79 bits per heavy atom. The van der Waals surface area contributed by atoms with Gasteiger partial charge in [0.2, 0.25) is 5.88 Å². The van der Waals surface area contributed by atoms with E-state index in [-0.39, 0.29) is 0 Å². The molecule has 5 nitrogen and oxygen atoms in total. The monoisotopic (exact) mass is 264 g/mol. The number of ether oxygens (including phenoxy) is 1. The van der Waals surface area contributed by atoms with E-state index in [1.807, 2.05) is 13.8 Å². The molecule has 0 atom stereocenters. The summed E-state index contributed by atoms with van der Waals surface area (Å²) in [7, 11) is 0. The van der Waals surface area contributed by atoms with Crippen molar-refractivity contribution in [2.24, 2.45) is 0 Å². The Morgan fingerprint density at radius 1 is 1.37 bits per heavy atom. The molecule has 106 valence electrons. The molecule has 0 spiro atoms. The second-order valence-corrected chi connectivity index (χ2v) is 4.87. The third-order valence-corrected chi connectivity index (χ3v) is 3.48. The van der Waals surface area contributed by atoms with Crippen molar-refractivity contribution in [3.05, 3.63) is 11.9 Å². The second-order valence-electron chi connectivity index (χ2n) is 4.87. The lowest BCUT2D eigenvalue weighted by molar-refractivity contribution is 0.288. The van der Waals surface area contributed by atoms with Crippen molar-refractivity contribution < 1.29 is 4.74 Å². The molecule has 1 N–H and O–H groups in total. The third-order valence-electron chi connectivity index (χ3n) is 3.48. The molecule has 0 aliphatic heterocycles. The van der Waals surface area contributed by atoms with Crippen LogP contribution in [0.15, 0.2) is 6.33 Å². The number of anilines is 1. The van der Waals surface area contributed by atoms with Crippen molar-refractivity contribution >= 4 is 5.82 Å². The zero-order valence-corrected chi connectivity index (χ0v) is 12.1. The Balaban J connectivity index is 1.86. The van der Waals surface area contributed by atoms with Gasteiger partial charge < -0.3 is 10.1 Å². The first kappa shape index (κ1) is 14.1. The van der Waals surface area contributed by atoms with Crippen LogP contribution in [-0.4, -0.2) is 47.2 Å². The smallest absolute Gasteiger partial charge is 0.221 e. The van der Waals surface area contributed by atoms with E-state index < -0.39 is 0 Å². The molecule has 0 aromatic carbocycles. The van der Waals surface area contributed by atoms with Gasteiger partial charge in [0.15, 0.2) is 0 Å². The molecular weight excluding hydrogens is 240 g/mol. The molecular formula is C14H24N4O. The highest BCUT2D eigenvalue weighted by molar-refractivity contribution is 5.47. The number of likely N-dealkylation sites (N-methyl/N-ethyl adjacent to an activating group) is 1. The first-order valence-corrected chi connectivity index (χ1v) is 7.18. The zero-order valence-electron chi connectivity index (χ0n) is 12.1. The van der Waals surface area contributed by atoms with Gasteiger partial charge in [0.05, 0.1) is 12.2 Å². The van der Waals surface area contributed by atoms with Crippen LogP contribution >= 0.6 is 0 Å². The van der Waals surface area contributed by atoms with Crippen LogP contribution in [0.2, 0.25) is 0 Å². The van der Waals surface area contributed by atoms with Gasteiger partial charge in [-0.1, -0.05) is 6.92 Å². The maximum Gasteiger partial charge on any atom is 0.221 e. The Kier molecular flexibility index (Phi) is 4.96. The molecule has 1 heterocycles. The van der Waals surface area contributed by atoms with E-state index in [4.69, 9.17) is 4.74 Å². The number of aromatic nitrogens is 2. The Bertz CT molecular complexity index is 406. The van der Waals surface area contributed by atoms with Crippen molar-refractivity contribution in [1.82, 2.24) is 14.9 Å². The van der Waals surface area contributed by atoms with Gasteiger partial charge in [-0.3, -0.25) is 4.90 Å². The average Bonchev–Trinajstić information content (AvgIpc) is 3.23. The number of hydrogen-bond acceptors (Lipinski definition) is 5. The standard InChI is InChI=1S/C14H24N4O/c1-4-18(12-6-7-12)9-8-15-13-11(3)14(19-5-2)17-10-16-13/h10,12H,4-9H2,1-3H3,(H,15,16,17). The topological polar surface area (TPSA) is 50.3 Å². The van der Waals surface area contributed by atoms with E-state index in [0.717, 1.165) is 37.1 Å². The maximum atomic E-state index is 5.47. The van der Waals surface area contributed by atoms with Gasteiger partial charge in [-0.25, -0.2) is 9.97 Å². The average molecular weight is 264 g/mol. The number of nitrogens with one attached hydrogen (secondary N) is 1. The Hall–Kier alpha value is -1.36. The van der Waals surface area contributed by atoms with E-state index in [1.165, 1.54) is 12.8 Å². The molecule has 2 rings (SSSR count). The third kappa shape index (κ3) is 3.80. The lowest BCUT2D eigenvalue weighted by Gasteiger charge is -2.20. The Labute approximate surface area is 115 Å². The molecule has 0 radical (unpaired) electrons. The van der Waals surface area contributed by atoms with Crippen molar-refractivity contribution in [2.45, 2.75) is 39.7 Å². The minimum atomic E-state index is 0.628. The van der Waals surface area contributed by atoms with Gasteiger partial charge in [0, 0.05) is 19.1 Å². The van der Waals surface area contributed by atoms with Crippen LogP contribution in [-0.2, 0) is 0 Å². The van der Waals surface area contributed by atoms with Crippen LogP contribution < -0.4 is 10.1 Å². The minimum Gasteiger partial charge on any atom is -0.478 e. The molecule has 1 aromatic heterocycles. The molecule has 0 saturated heterocycles. The molecule has 0 bridgehead atoms. The molecule has 19 heavy (non-hydrogen) atoms. The molecule has 1 fully saturated rings. The van der Waals surface area contributed by atoms with Gasteiger partial charge >= 0.3 is 0 Å². The summed E-state index contributed by atoms with van der Waals surface area (Å²) in [5.41, 5.74) is 0.985. The molecule has 5 heteroatoms. The summed E-state index contributed by atoms with van der Waals surface area (Å²) in [6, 6.07) is 0.817. The molecule has 1 saturated carbocycles. The van der Waals surface area contributed by atoms with Crippen LogP contribution in [0.4, 0.5) is 5.82 Å². The van der Waals surface area contributed by atoms with Gasteiger partial charge in [-0.15, -0.1) is 0 Å². The van der Waals surface area contributed by atoms with Crippen molar-refractivity contribution in [1.29, 1.82) is 0 Å². The summed E-state index contributed by atoms with van der Waals surface area (Å²) in [5, 5.41) is 3.39. The van der Waals surface area contributed by atoms with Crippen molar-refractivity contribution in [3.8, 4) is 5.88 Å². The summed E-state index contributed by atoms with van der Waals surface area (Å²) in [4.78, 5) is 10.9. The lowest BCUT2D eigenvalue weighted by Crippen LogP contribution is -2.31. The molecule has 1 aliphatic carbocycles. The SMILES string of the molecule is CCOc1ncnc(NCCN(CC)C2CC2)c1C. The van der Waals surface area contributed by atoms with Gasteiger partial charge in [0.25, 0.3) is 0 Å². The number of rotatable bonds is 8. The minimum absolute atomic E-state index is 0.628. The largest absolute Gasteiger partial charge is 0.478 e. The predicted octanol–water partition coefficient (Wildman–Crippen LogP) is 2.08. The maximum absolute atomic E-state index is 5.47. The first-order valence-electron chi connectivity index (χ1n) is 7.18. The lowest BCUT2D eigenvalue weighted by atomic mass is 10.3. The normalized spacial score (nSPS) is 14.7. The molecule has 0 unspecified atom stereocenters. The van der Waals surface area contributed by atoms with E-state index in [0.29, 0.717) is 12.5 Å². The van der Waals surface area contributed by atoms with Crippen molar-refractivity contribution in [3.63, 3.8) is 0 Å². The number of hydrogen-bond donors (Lipinski definition) is 1. The van der Waals surface area contributed by atoms with Gasteiger partial charge in [0.1, 0.15) is 12.1 Å². The van der Waals surface area contributed by atoms with Gasteiger partial charge in [-0.2, -0.15) is 0 Å². The van der Waals surface area contributed by atoms with Crippen LogP contribution in [0.5, 0.6) is 5.88 Å². The number of nitrogens with zero attached hydrogens (tertiary/aromatic N) is 3. The van der Waals surface area contributed by atoms with E-state index in [9.17, 15) is 0 Å². The quantitative estimate of drug-likeness (QED) is 0.779. The Morgan fingerprint density at radius 2 is 2.16 bits per heavy atom. The van der Waals surface area contributed by atoms with E-state index in [2.05, 4.69) is 27.1 Å². The summed E-state index contributed by atoms with van der Waals surface area (Å²) >= 11 is 0. The fraction of sp³-hybridized carbons (Fsp3) is 0.714. The molecule has 1 aromatic rings. The van der Waals surface area contributed by atoms with E-state index in [1.54, 1.807) is 6.33 Å². The molecule has 1 aliphatic rings. The predicted molar refractivity (Wildman–Crippen MR) is 76.7 cm³/mol. The van der Waals surface area contributed by atoms with Gasteiger partial charge in [-0.05, 0) is 33.2 Å². The molecule has 0 amide bonds. The summed E-state index contributed by atoms with van der Waals surface area (Å²) in [6.07, 6.45) is 4.27. The fourth-order valence-corrected chi connectivity index (χ4v) is 2.25. The summed E-state index contributed by atoms with van der Waals surface area (Å²) < 4.78 is 5.47. The highest BCUT2D eigenvalue weighted by Crippen LogP contribution is 2.26. The summed E-state index contributed by atoms with van der Waals surface area (Å²) in [6.45, 7) is 9.90.